The number of fused-ring (bicyclic) bond motifs is 1. The van der Waals surface area contributed by atoms with E-state index in [0.29, 0.717) is 23.5 Å². The van der Waals surface area contributed by atoms with E-state index in [0.717, 1.165) is 11.1 Å². The van der Waals surface area contributed by atoms with Crippen LogP contribution < -0.4 is 0 Å². The van der Waals surface area contributed by atoms with Crippen molar-refractivity contribution in [1.82, 2.24) is 14.5 Å². The Morgan fingerprint density at radius 1 is 1.32 bits per heavy atom. The Bertz CT molecular complexity index is 875. The lowest BCUT2D eigenvalue weighted by Gasteiger charge is -2.05. The standard InChI is InChI=1S/C16H12N4O2/c1-2-22-16(21)12-7-11-5-6-20(15(11)19-9-12)14-4-3-13(8-17)18-10-14/h3-7,9-10H,2H2,1H3. The van der Waals surface area contributed by atoms with E-state index in [1.807, 2.05) is 22.9 Å². The lowest BCUT2D eigenvalue weighted by atomic mass is 10.2. The number of carbonyl (C=O) groups excluding carboxylic acids is 1. The summed E-state index contributed by atoms with van der Waals surface area (Å²) in [5.41, 5.74) is 2.28. The predicted octanol–water partition coefficient (Wildman–Crippen LogP) is 2.47. The SMILES string of the molecule is CCOC(=O)c1cnc2c(ccn2-c2ccc(C#N)nc2)c1. The van der Waals surface area contributed by atoms with E-state index in [4.69, 9.17) is 10.00 Å². The fraction of sp³-hybridized carbons (Fsp3) is 0.125. The van der Waals surface area contributed by atoms with Crippen molar-refractivity contribution in [2.24, 2.45) is 0 Å². The molecule has 0 amide bonds. The van der Waals surface area contributed by atoms with Crippen molar-refractivity contribution < 1.29 is 9.53 Å². The molecule has 3 heterocycles. The van der Waals surface area contributed by atoms with Crippen molar-refractivity contribution >= 4 is 17.0 Å². The monoisotopic (exact) mass is 292 g/mol. The van der Waals surface area contributed by atoms with Crippen LogP contribution in [0.2, 0.25) is 0 Å². The van der Waals surface area contributed by atoms with E-state index in [-0.39, 0.29) is 5.97 Å². The Kier molecular flexibility index (Phi) is 3.54. The summed E-state index contributed by atoms with van der Waals surface area (Å²) in [5, 5.41) is 9.61. The van der Waals surface area contributed by atoms with Crippen LogP contribution in [-0.2, 0) is 4.74 Å². The molecule has 3 rings (SSSR count). The maximum Gasteiger partial charge on any atom is 0.339 e. The highest BCUT2D eigenvalue weighted by Gasteiger charge is 2.11. The number of esters is 1. The fourth-order valence-electron chi connectivity index (χ4n) is 2.15. The Balaban J connectivity index is 2.02. The molecule has 0 bridgehead atoms. The first kappa shape index (κ1) is 13.8. The Labute approximate surface area is 126 Å². The molecule has 0 aliphatic rings. The van der Waals surface area contributed by atoms with Crippen LogP contribution in [0, 0.1) is 11.3 Å². The molecule has 0 aliphatic heterocycles. The molecule has 3 aromatic heterocycles. The van der Waals surface area contributed by atoms with Crippen LogP contribution in [0.1, 0.15) is 23.0 Å². The molecule has 3 aromatic rings. The second kappa shape index (κ2) is 5.66. The Morgan fingerprint density at radius 3 is 2.86 bits per heavy atom. The van der Waals surface area contributed by atoms with Gasteiger partial charge in [0.05, 0.1) is 24.1 Å². The van der Waals surface area contributed by atoms with Gasteiger partial charge in [0.1, 0.15) is 17.4 Å². The Morgan fingerprint density at radius 2 is 2.18 bits per heavy atom. The molecule has 0 fully saturated rings. The molecule has 6 heteroatoms. The number of nitriles is 1. The minimum Gasteiger partial charge on any atom is -0.462 e. The number of aromatic nitrogens is 3. The van der Waals surface area contributed by atoms with Crippen LogP contribution in [0.25, 0.3) is 16.7 Å². The van der Waals surface area contributed by atoms with Gasteiger partial charge < -0.3 is 4.74 Å². The van der Waals surface area contributed by atoms with E-state index in [1.54, 1.807) is 31.3 Å². The van der Waals surface area contributed by atoms with Gasteiger partial charge in [0.2, 0.25) is 0 Å². The van der Waals surface area contributed by atoms with Crippen molar-refractivity contribution in [3.63, 3.8) is 0 Å². The molecular formula is C16H12N4O2. The summed E-state index contributed by atoms with van der Waals surface area (Å²) in [6.07, 6.45) is 4.95. The quantitative estimate of drug-likeness (QED) is 0.693. The number of nitrogens with zero attached hydrogens (tertiary/aromatic N) is 4. The van der Waals surface area contributed by atoms with Crippen LogP contribution in [0.4, 0.5) is 0 Å². The third-order valence-electron chi connectivity index (χ3n) is 3.18. The maximum atomic E-state index is 11.7. The summed E-state index contributed by atoms with van der Waals surface area (Å²) in [6.45, 7) is 2.09. The van der Waals surface area contributed by atoms with Gasteiger partial charge in [-0.1, -0.05) is 0 Å². The zero-order valence-electron chi connectivity index (χ0n) is 11.9. The first-order valence-corrected chi connectivity index (χ1v) is 6.73. The molecule has 0 atom stereocenters. The number of hydrogen-bond acceptors (Lipinski definition) is 5. The van der Waals surface area contributed by atoms with E-state index >= 15 is 0 Å². The highest BCUT2D eigenvalue weighted by Crippen LogP contribution is 2.19. The molecule has 0 unspecified atom stereocenters. The van der Waals surface area contributed by atoms with Gasteiger partial charge in [-0.25, -0.2) is 14.8 Å². The summed E-state index contributed by atoms with van der Waals surface area (Å²) in [6, 6.07) is 9.03. The molecular weight excluding hydrogens is 280 g/mol. The largest absolute Gasteiger partial charge is 0.462 e. The normalized spacial score (nSPS) is 10.4. The van der Waals surface area contributed by atoms with Crippen LogP contribution >= 0.6 is 0 Å². The van der Waals surface area contributed by atoms with Gasteiger partial charge in [-0.15, -0.1) is 0 Å². The van der Waals surface area contributed by atoms with Crippen LogP contribution in [-0.4, -0.2) is 27.1 Å². The molecule has 6 nitrogen and oxygen atoms in total. The van der Waals surface area contributed by atoms with Crippen molar-refractivity contribution in [1.29, 1.82) is 5.26 Å². The zero-order valence-corrected chi connectivity index (χ0v) is 11.9. The van der Waals surface area contributed by atoms with Crippen molar-refractivity contribution in [3.05, 3.63) is 54.1 Å². The smallest absolute Gasteiger partial charge is 0.339 e. The fourth-order valence-corrected chi connectivity index (χ4v) is 2.15. The Hall–Kier alpha value is -3.20. The van der Waals surface area contributed by atoms with E-state index in [2.05, 4.69) is 9.97 Å². The van der Waals surface area contributed by atoms with Gasteiger partial charge in [-0.3, -0.25) is 4.57 Å². The summed E-state index contributed by atoms with van der Waals surface area (Å²) >= 11 is 0. The first-order valence-electron chi connectivity index (χ1n) is 6.73. The average Bonchev–Trinajstić information content (AvgIpc) is 2.98. The molecule has 108 valence electrons. The van der Waals surface area contributed by atoms with E-state index < -0.39 is 0 Å². The minimum absolute atomic E-state index is 0.328. The second-order valence-corrected chi connectivity index (χ2v) is 4.56. The van der Waals surface area contributed by atoms with E-state index in [9.17, 15) is 4.79 Å². The summed E-state index contributed by atoms with van der Waals surface area (Å²) in [7, 11) is 0. The topological polar surface area (TPSA) is 80.8 Å². The first-order chi connectivity index (χ1) is 10.7. The van der Waals surface area contributed by atoms with Crippen molar-refractivity contribution in [2.75, 3.05) is 6.61 Å². The van der Waals surface area contributed by atoms with Crippen molar-refractivity contribution in [2.45, 2.75) is 6.92 Å². The van der Waals surface area contributed by atoms with Crippen LogP contribution in [0.15, 0.2) is 42.9 Å². The summed E-state index contributed by atoms with van der Waals surface area (Å²) in [5.74, 6) is -0.385. The third-order valence-corrected chi connectivity index (χ3v) is 3.18. The number of carbonyl (C=O) groups is 1. The number of ether oxygens (including phenoxy) is 1. The van der Waals surface area contributed by atoms with Gasteiger partial charge in [0.25, 0.3) is 0 Å². The minimum atomic E-state index is -0.385. The van der Waals surface area contributed by atoms with Gasteiger partial charge >= 0.3 is 5.97 Å². The van der Waals surface area contributed by atoms with Gasteiger partial charge in [-0.05, 0) is 31.2 Å². The molecule has 0 spiro atoms. The molecule has 0 N–H and O–H groups in total. The van der Waals surface area contributed by atoms with Crippen LogP contribution in [0.5, 0.6) is 0 Å². The van der Waals surface area contributed by atoms with Gasteiger partial charge in [0, 0.05) is 17.8 Å². The molecule has 0 saturated heterocycles. The lowest BCUT2D eigenvalue weighted by molar-refractivity contribution is 0.0526. The van der Waals surface area contributed by atoms with Crippen LogP contribution in [0.3, 0.4) is 0 Å². The molecule has 0 radical (unpaired) electrons. The number of rotatable bonds is 3. The number of pyridine rings is 2. The summed E-state index contributed by atoms with van der Waals surface area (Å²) in [4.78, 5) is 20.1. The molecule has 0 aromatic carbocycles. The predicted molar refractivity (Wildman–Crippen MR) is 79.5 cm³/mol. The van der Waals surface area contributed by atoms with Crippen molar-refractivity contribution in [3.8, 4) is 11.8 Å². The lowest BCUT2D eigenvalue weighted by Crippen LogP contribution is -2.05. The average molecular weight is 292 g/mol. The van der Waals surface area contributed by atoms with Gasteiger partial charge in [0.15, 0.2) is 0 Å². The zero-order chi connectivity index (χ0) is 15.5. The molecule has 0 aliphatic carbocycles. The van der Waals surface area contributed by atoms with E-state index in [1.165, 1.54) is 6.20 Å². The number of hydrogen-bond donors (Lipinski definition) is 0. The second-order valence-electron chi connectivity index (χ2n) is 4.56. The molecule has 0 saturated carbocycles. The molecule has 22 heavy (non-hydrogen) atoms. The highest BCUT2D eigenvalue weighted by atomic mass is 16.5. The maximum absolute atomic E-state index is 11.7. The third kappa shape index (κ3) is 2.40. The highest BCUT2D eigenvalue weighted by molar-refractivity contribution is 5.93. The van der Waals surface area contributed by atoms with Gasteiger partial charge in [-0.2, -0.15) is 5.26 Å². The summed E-state index contributed by atoms with van der Waals surface area (Å²) < 4.78 is 6.81.